The molecule has 3 N–H and O–H groups in total. The Kier molecular flexibility index (Phi) is 6.88. The number of hydrogen-bond acceptors (Lipinski definition) is 3. The first kappa shape index (κ1) is 18.5. The number of hydrogen-bond donors (Lipinski definition) is 2. The van der Waals surface area contributed by atoms with Gasteiger partial charge in [-0.15, -0.1) is 0 Å². The molecule has 0 aliphatic heterocycles. The van der Waals surface area contributed by atoms with E-state index in [1.165, 1.54) is 25.7 Å². The third-order valence-electron chi connectivity index (χ3n) is 3.63. The summed E-state index contributed by atoms with van der Waals surface area (Å²) in [5, 5.41) is 8.25. The minimum Gasteiger partial charge on any atom is -0.490 e. The number of ether oxygens (including phenoxy) is 1. The first-order valence-electron chi connectivity index (χ1n) is 7.95. The van der Waals surface area contributed by atoms with Gasteiger partial charge in [-0.1, -0.05) is 12.1 Å². The first-order valence-corrected chi connectivity index (χ1v) is 7.95. The van der Waals surface area contributed by atoms with Crippen LogP contribution in [0.2, 0.25) is 0 Å². The summed E-state index contributed by atoms with van der Waals surface area (Å²) in [4.78, 5) is 10.0. The van der Waals surface area contributed by atoms with Gasteiger partial charge in [-0.05, 0) is 71.1 Å². The standard InChI is InChI=1S/C13H19NO.C5H10O2/c1-10(14)11-5-4-8-13(9-11)15-12-6-2-3-7-12;1-5(2,3)4(6)7/h4-5,8-10,12H,2-3,6-7,14H2,1H3;1-3H3,(H,6,7)/t10-;/m0./s1. The minimum atomic E-state index is -0.757. The largest absolute Gasteiger partial charge is 0.490 e. The van der Waals surface area contributed by atoms with Crippen molar-refractivity contribution in [1.82, 2.24) is 0 Å². The van der Waals surface area contributed by atoms with Gasteiger partial charge in [0.05, 0.1) is 11.5 Å². The van der Waals surface area contributed by atoms with Gasteiger partial charge in [-0.25, -0.2) is 0 Å². The Bertz CT molecular complexity index is 471. The van der Waals surface area contributed by atoms with E-state index in [4.69, 9.17) is 15.6 Å². The summed E-state index contributed by atoms with van der Waals surface area (Å²) in [7, 11) is 0. The van der Waals surface area contributed by atoms with Crippen molar-refractivity contribution in [2.24, 2.45) is 11.1 Å². The van der Waals surface area contributed by atoms with E-state index in [0.717, 1.165) is 11.3 Å². The van der Waals surface area contributed by atoms with Gasteiger partial charge in [-0.2, -0.15) is 0 Å². The van der Waals surface area contributed by atoms with E-state index in [-0.39, 0.29) is 6.04 Å². The molecule has 0 amide bonds. The Morgan fingerprint density at radius 1 is 1.32 bits per heavy atom. The van der Waals surface area contributed by atoms with E-state index >= 15 is 0 Å². The van der Waals surface area contributed by atoms with Crippen molar-refractivity contribution in [3.05, 3.63) is 29.8 Å². The molecule has 1 aromatic carbocycles. The van der Waals surface area contributed by atoms with Crippen LogP contribution in [-0.4, -0.2) is 17.2 Å². The molecule has 4 nitrogen and oxygen atoms in total. The van der Waals surface area contributed by atoms with Crippen LogP contribution in [0.25, 0.3) is 0 Å². The summed E-state index contributed by atoms with van der Waals surface area (Å²) in [6.07, 6.45) is 5.42. The van der Waals surface area contributed by atoms with Crippen molar-refractivity contribution in [3.8, 4) is 5.75 Å². The molecular formula is C18H29NO3. The lowest BCUT2D eigenvalue weighted by Crippen LogP contribution is -2.18. The molecule has 0 heterocycles. The van der Waals surface area contributed by atoms with Crippen LogP contribution in [-0.2, 0) is 4.79 Å². The Labute approximate surface area is 133 Å². The monoisotopic (exact) mass is 307 g/mol. The number of carboxylic acid groups (broad SMARTS) is 1. The quantitative estimate of drug-likeness (QED) is 0.880. The normalized spacial score (nSPS) is 16.6. The molecule has 0 unspecified atom stereocenters. The summed E-state index contributed by atoms with van der Waals surface area (Å²) in [5.74, 6) is 0.212. The molecule has 0 spiro atoms. The molecular weight excluding hydrogens is 278 g/mol. The van der Waals surface area contributed by atoms with Crippen LogP contribution in [0.15, 0.2) is 24.3 Å². The first-order chi connectivity index (χ1) is 10.2. The highest BCUT2D eigenvalue weighted by atomic mass is 16.5. The number of nitrogens with two attached hydrogens (primary N) is 1. The van der Waals surface area contributed by atoms with E-state index in [2.05, 4.69) is 6.07 Å². The summed E-state index contributed by atoms with van der Waals surface area (Å²) >= 11 is 0. The SMILES string of the molecule is CC(C)(C)C(=O)O.C[C@H](N)c1cccc(OC2CCCC2)c1. The fourth-order valence-corrected chi connectivity index (χ4v) is 2.07. The number of rotatable bonds is 3. The fraction of sp³-hybridized carbons (Fsp3) is 0.611. The Hall–Kier alpha value is -1.55. The van der Waals surface area contributed by atoms with E-state index in [0.29, 0.717) is 6.10 Å². The second-order valence-corrected chi connectivity index (χ2v) is 6.94. The van der Waals surface area contributed by atoms with Gasteiger partial charge in [0.1, 0.15) is 5.75 Å². The predicted molar refractivity (Wildman–Crippen MR) is 89.0 cm³/mol. The highest BCUT2D eigenvalue weighted by Crippen LogP contribution is 2.25. The van der Waals surface area contributed by atoms with Gasteiger partial charge in [0.25, 0.3) is 0 Å². The molecule has 1 aliphatic carbocycles. The van der Waals surface area contributed by atoms with Gasteiger partial charge in [-0.3, -0.25) is 4.79 Å². The van der Waals surface area contributed by atoms with Crippen molar-refractivity contribution < 1.29 is 14.6 Å². The molecule has 0 aromatic heterocycles. The van der Waals surface area contributed by atoms with E-state index < -0.39 is 11.4 Å². The maximum Gasteiger partial charge on any atom is 0.308 e. The molecule has 1 aliphatic rings. The number of carboxylic acids is 1. The van der Waals surface area contributed by atoms with Gasteiger partial charge >= 0.3 is 5.97 Å². The Morgan fingerprint density at radius 2 is 1.86 bits per heavy atom. The lowest BCUT2D eigenvalue weighted by atomic mass is 9.98. The second-order valence-electron chi connectivity index (χ2n) is 6.94. The maximum absolute atomic E-state index is 10.0. The van der Waals surface area contributed by atoms with Crippen LogP contribution < -0.4 is 10.5 Å². The van der Waals surface area contributed by atoms with Crippen LogP contribution in [0.3, 0.4) is 0 Å². The Morgan fingerprint density at radius 3 is 2.32 bits per heavy atom. The van der Waals surface area contributed by atoms with Crippen molar-refractivity contribution >= 4 is 5.97 Å². The molecule has 22 heavy (non-hydrogen) atoms. The van der Waals surface area contributed by atoms with Crippen LogP contribution in [0, 0.1) is 5.41 Å². The lowest BCUT2D eigenvalue weighted by molar-refractivity contribution is -0.145. The molecule has 0 saturated heterocycles. The molecule has 1 fully saturated rings. The van der Waals surface area contributed by atoms with Crippen LogP contribution in [0.1, 0.15) is 65.0 Å². The maximum atomic E-state index is 10.0. The number of aliphatic carboxylic acids is 1. The predicted octanol–water partition coefficient (Wildman–Crippen LogP) is 4.14. The molecule has 0 radical (unpaired) electrons. The van der Waals surface area contributed by atoms with Crippen molar-refractivity contribution in [2.45, 2.75) is 65.5 Å². The zero-order valence-corrected chi connectivity index (χ0v) is 14.1. The molecule has 1 atom stereocenters. The van der Waals surface area contributed by atoms with Crippen LogP contribution in [0.4, 0.5) is 0 Å². The fourth-order valence-electron chi connectivity index (χ4n) is 2.07. The van der Waals surface area contributed by atoms with Crippen molar-refractivity contribution in [3.63, 3.8) is 0 Å². The molecule has 0 bridgehead atoms. The van der Waals surface area contributed by atoms with Gasteiger partial charge in [0, 0.05) is 6.04 Å². The third kappa shape index (κ3) is 6.48. The van der Waals surface area contributed by atoms with E-state index in [1.807, 2.05) is 25.1 Å². The van der Waals surface area contributed by atoms with Crippen molar-refractivity contribution in [1.29, 1.82) is 0 Å². The average molecular weight is 307 g/mol. The summed E-state index contributed by atoms with van der Waals surface area (Å²) < 4.78 is 5.91. The average Bonchev–Trinajstić information content (AvgIpc) is 2.91. The number of benzene rings is 1. The van der Waals surface area contributed by atoms with Crippen LogP contribution in [0.5, 0.6) is 5.75 Å². The molecule has 4 heteroatoms. The van der Waals surface area contributed by atoms with Crippen molar-refractivity contribution in [2.75, 3.05) is 0 Å². The number of carbonyl (C=O) groups is 1. The van der Waals surface area contributed by atoms with E-state index in [9.17, 15) is 4.79 Å². The second kappa shape index (κ2) is 8.18. The summed E-state index contributed by atoms with van der Waals surface area (Å²) in [6, 6.07) is 8.22. The minimum absolute atomic E-state index is 0.0807. The smallest absolute Gasteiger partial charge is 0.308 e. The topological polar surface area (TPSA) is 72.5 Å². The molecule has 1 saturated carbocycles. The highest BCUT2D eigenvalue weighted by molar-refractivity contribution is 5.72. The molecule has 124 valence electrons. The summed E-state index contributed by atoms with van der Waals surface area (Å²) in [5.41, 5.74) is 6.40. The van der Waals surface area contributed by atoms with Gasteiger partial charge in [0.15, 0.2) is 0 Å². The third-order valence-corrected chi connectivity index (χ3v) is 3.63. The zero-order chi connectivity index (χ0) is 16.8. The molecule has 2 rings (SSSR count). The van der Waals surface area contributed by atoms with Gasteiger partial charge < -0.3 is 15.6 Å². The zero-order valence-electron chi connectivity index (χ0n) is 14.1. The van der Waals surface area contributed by atoms with Crippen LogP contribution >= 0.6 is 0 Å². The Balaban J connectivity index is 0.000000295. The molecule has 1 aromatic rings. The summed E-state index contributed by atoms with van der Waals surface area (Å²) in [6.45, 7) is 6.98. The highest BCUT2D eigenvalue weighted by Gasteiger charge is 2.18. The van der Waals surface area contributed by atoms with Gasteiger partial charge in [0.2, 0.25) is 0 Å². The van der Waals surface area contributed by atoms with E-state index in [1.54, 1.807) is 20.8 Å². The lowest BCUT2D eigenvalue weighted by Gasteiger charge is -2.14.